The average molecular weight is 333 g/mol. The van der Waals surface area contributed by atoms with Crippen LogP contribution < -0.4 is 11.3 Å². The number of aromatic nitrogens is 2. The lowest BCUT2D eigenvalue weighted by Crippen LogP contribution is -2.24. The summed E-state index contributed by atoms with van der Waals surface area (Å²) in [7, 11) is 0. The third-order valence-corrected chi connectivity index (χ3v) is 3.42. The summed E-state index contributed by atoms with van der Waals surface area (Å²) in [6, 6.07) is 4.22. The fourth-order valence-electron chi connectivity index (χ4n) is 1.43. The minimum atomic E-state index is -0.425. The Morgan fingerprint density at radius 1 is 1.50 bits per heavy atom. The van der Waals surface area contributed by atoms with Gasteiger partial charge in [-0.05, 0) is 17.7 Å². The summed E-state index contributed by atoms with van der Waals surface area (Å²) in [4.78, 5) is 15.6. The van der Waals surface area contributed by atoms with E-state index >= 15 is 0 Å². The van der Waals surface area contributed by atoms with Crippen molar-refractivity contribution in [2.24, 2.45) is 0 Å². The lowest BCUT2D eigenvalue weighted by molar-refractivity contribution is 0.624. The summed E-state index contributed by atoms with van der Waals surface area (Å²) in [6.45, 7) is 0.230. The predicted molar refractivity (Wildman–Crippen MR) is 71.1 cm³/mol. The second kappa shape index (κ2) is 5.07. The van der Waals surface area contributed by atoms with Crippen molar-refractivity contribution in [3.8, 4) is 0 Å². The van der Waals surface area contributed by atoms with Crippen LogP contribution >= 0.6 is 27.5 Å². The zero-order valence-electron chi connectivity index (χ0n) is 9.03. The highest BCUT2D eigenvalue weighted by atomic mass is 79.9. The molecule has 0 fully saturated rings. The van der Waals surface area contributed by atoms with Gasteiger partial charge in [0, 0.05) is 4.47 Å². The zero-order chi connectivity index (χ0) is 13.3. The molecule has 2 rings (SSSR count). The lowest BCUT2D eigenvalue weighted by Gasteiger charge is -2.08. The molecule has 0 aliphatic heterocycles. The van der Waals surface area contributed by atoms with Gasteiger partial charge in [-0.1, -0.05) is 33.6 Å². The average Bonchev–Trinajstić information content (AvgIpc) is 2.33. The highest BCUT2D eigenvalue weighted by Crippen LogP contribution is 2.19. The number of halogens is 3. The second-order valence-electron chi connectivity index (χ2n) is 3.62. The molecule has 2 N–H and O–H groups in total. The minimum absolute atomic E-state index is 0.0191. The number of hydrogen-bond donors (Lipinski definition) is 1. The van der Waals surface area contributed by atoms with E-state index in [0.29, 0.717) is 4.47 Å². The molecule has 7 heteroatoms. The van der Waals surface area contributed by atoms with Crippen LogP contribution in [0.1, 0.15) is 5.56 Å². The molecule has 1 aromatic heterocycles. The molecule has 94 valence electrons. The van der Waals surface area contributed by atoms with Crippen LogP contribution in [0, 0.1) is 5.82 Å². The van der Waals surface area contributed by atoms with E-state index in [2.05, 4.69) is 20.9 Å². The third kappa shape index (κ3) is 2.54. The fourth-order valence-corrected chi connectivity index (χ4v) is 2.03. The van der Waals surface area contributed by atoms with Crippen LogP contribution in [-0.2, 0) is 6.54 Å². The summed E-state index contributed by atoms with van der Waals surface area (Å²) in [5.74, 6) is -0.355. The van der Waals surface area contributed by atoms with Gasteiger partial charge in [-0.25, -0.2) is 9.37 Å². The SMILES string of the molecule is Nc1c(Cl)ncn(Cc2ccc(F)cc2Br)c1=O. The quantitative estimate of drug-likeness (QED) is 0.859. The highest BCUT2D eigenvalue weighted by molar-refractivity contribution is 9.10. The van der Waals surface area contributed by atoms with Crippen molar-refractivity contribution in [3.63, 3.8) is 0 Å². The Hall–Kier alpha value is -1.40. The minimum Gasteiger partial charge on any atom is -0.392 e. The fraction of sp³-hybridized carbons (Fsp3) is 0.0909. The van der Waals surface area contributed by atoms with E-state index in [-0.39, 0.29) is 23.2 Å². The Bertz CT molecular complexity index is 659. The number of hydrogen-bond acceptors (Lipinski definition) is 3. The molecule has 0 aliphatic rings. The van der Waals surface area contributed by atoms with Gasteiger partial charge in [-0.3, -0.25) is 9.36 Å². The maximum Gasteiger partial charge on any atom is 0.278 e. The van der Waals surface area contributed by atoms with Gasteiger partial charge in [0.25, 0.3) is 5.56 Å². The second-order valence-corrected chi connectivity index (χ2v) is 4.83. The molecule has 2 aromatic rings. The molecule has 4 nitrogen and oxygen atoms in total. The van der Waals surface area contributed by atoms with Gasteiger partial charge in [0.2, 0.25) is 0 Å². The molecule has 0 bridgehead atoms. The van der Waals surface area contributed by atoms with Gasteiger partial charge in [0.15, 0.2) is 5.15 Å². The number of nitrogen functional groups attached to an aromatic ring is 1. The number of benzene rings is 1. The molecule has 0 amide bonds. The standard InChI is InChI=1S/C11H8BrClFN3O/c12-8-3-7(14)2-1-6(8)4-17-5-16-10(13)9(15)11(17)18/h1-3,5H,4,15H2. The molecule has 0 radical (unpaired) electrons. The molecule has 0 unspecified atom stereocenters. The van der Waals surface area contributed by atoms with E-state index in [1.54, 1.807) is 6.07 Å². The van der Waals surface area contributed by atoms with Crippen molar-refractivity contribution in [1.82, 2.24) is 9.55 Å². The predicted octanol–water partition coefficient (Wildman–Crippen LogP) is 2.43. The molecule has 18 heavy (non-hydrogen) atoms. The van der Waals surface area contributed by atoms with Crippen molar-refractivity contribution in [1.29, 1.82) is 0 Å². The number of nitrogens with zero attached hydrogens (tertiary/aromatic N) is 2. The van der Waals surface area contributed by atoms with Crippen molar-refractivity contribution in [3.05, 3.63) is 55.9 Å². The summed E-state index contributed by atoms with van der Waals surface area (Å²) in [5.41, 5.74) is 5.71. The van der Waals surface area contributed by atoms with E-state index < -0.39 is 5.56 Å². The van der Waals surface area contributed by atoms with E-state index in [1.807, 2.05) is 0 Å². The van der Waals surface area contributed by atoms with E-state index in [0.717, 1.165) is 5.56 Å². The number of nitrogens with two attached hydrogens (primary N) is 1. The monoisotopic (exact) mass is 331 g/mol. The van der Waals surface area contributed by atoms with Crippen LogP contribution in [0.25, 0.3) is 0 Å². The van der Waals surface area contributed by atoms with Crippen LogP contribution in [0.4, 0.5) is 10.1 Å². The largest absolute Gasteiger partial charge is 0.392 e. The first-order chi connectivity index (χ1) is 8.49. The van der Waals surface area contributed by atoms with Crippen molar-refractivity contribution >= 4 is 33.2 Å². The Balaban J connectivity index is 2.41. The Labute approximate surface area is 115 Å². The first kappa shape index (κ1) is 13.0. The van der Waals surface area contributed by atoms with Crippen LogP contribution in [0.3, 0.4) is 0 Å². The van der Waals surface area contributed by atoms with Crippen molar-refractivity contribution < 1.29 is 4.39 Å². The summed E-state index contributed by atoms with van der Waals surface area (Å²) in [5, 5.41) is -0.0191. The molecule has 0 atom stereocenters. The van der Waals surface area contributed by atoms with E-state index in [1.165, 1.54) is 23.0 Å². The molecule has 1 heterocycles. The Kier molecular flexibility index (Phi) is 3.68. The van der Waals surface area contributed by atoms with Gasteiger partial charge in [-0.15, -0.1) is 0 Å². The van der Waals surface area contributed by atoms with Crippen LogP contribution in [0.2, 0.25) is 5.15 Å². The van der Waals surface area contributed by atoms with E-state index in [4.69, 9.17) is 17.3 Å². The maximum atomic E-state index is 12.9. The van der Waals surface area contributed by atoms with Gasteiger partial charge in [0.05, 0.1) is 12.9 Å². The molecule has 0 spiro atoms. The van der Waals surface area contributed by atoms with Gasteiger partial charge in [0.1, 0.15) is 11.5 Å². The molecule has 0 aliphatic carbocycles. The first-order valence-corrected chi connectivity index (χ1v) is 6.10. The summed E-state index contributed by atoms with van der Waals surface area (Å²) >= 11 is 8.86. The first-order valence-electron chi connectivity index (χ1n) is 4.93. The molecule has 0 saturated carbocycles. The maximum absolute atomic E-state index is 12.9. The zero-order valence-corrected chi connectivity index (χ0v) is 11.4. The van der Waals surface area contributed by atoms with Gasteiger partial charge >= 0.3 is 0 Å². The van der Waals surface area contributed by atoms with Gasteiger partial charge in [-0.2, -0.15) is 0 Å². The van der Waals surface area contributed by atoms with Crippen LogP contribution in [-0.4, -0.2) is 9.55 Å². The molecule has 1 aromatic carbocycles. The topological polar surface area (TPSA) is 60.9 Å². The van der Waals surface area contributed by atoms with Gasteiger partial charge < -0.3 is 5.73 Å². The van der Waals surface area contributed by atoms with Crippen molar-refractivity contribution in [2.75, 3.05) is 5.73 Å². The lowest BCUT2D eigenvalue weighted by atomic mass is 10.2. The van der Waals surface area contributed by atoms with E-state index in [9.17, 15) is 9.18 Å². The summed E-state index contributed by atoms with van der Waals surface area (Å²) < 4.78 is 14.8. The Morgan fingerprint density at radius 3 is 2.89 bits per heavy atom. The highest BCUT2D eigenvalue weighted by Gasteiger charge is 2.08. The Morgan fingerprint density at radius 2 is 2.22 bits per heavy atom. The smallest absolute Gasteiger partial charge is 0.278 e. The number of rotatable bonds is 2. The van der Waals surface area contributed by atoms with Crippen molar-refractivity contribution in [2.45, 2.75) is 6.54 Å². The molecule has 0 saturated heterocycles. The molecular weight excluding hydrogens is 324 g/mol. The summed E-state index contributed by atoms with van der Waals surface area (Å²) in [6.07, 6.45) is 1.30. The van der Waals surface area contributed by atoms with Crippen LogP contribution in [0.15, 0.2) is 33.8 Å². The number of anilines is 1. The normalized spacial score (nSPS) is 10.6. The van der Waals surface area contributed by atoms with Crippen LogP contribution in [0.5, 0.6) is 0 Å². The third-order valence-electron chi connectivity index (χ3n) is 2.38. The molecular formula is C11H8BrClFN3O.